The van der Waals surface area contributed by atoms with Gasteiger partial charge in [-0.1, -0.05) is 238 Å². The molecule has 394 valence electrons. The Labute approximate surface area is 441 Å². The minimum Gasteiger partial charge on any atom is -0.279 e. The summed E-state index contributed by atoms with van der Waals surface area (Å²) in [7, 11) is 0. The van der Waals surface area contributed by atoms with Crippen LogP contribution in [0.1, 0.15) is 256 Å². The number of hydrogen-bond acceptors (Lipinski definition) is 6. The third-order valence-corrected chi connectivity index (χ3v) is 14.6. The number of nitrogens with zero attached hydrogens (tertiary/aromatic N) is 6. The summed E-state index contributed by atoms with van der Waals surface area (Å²) in [5.41, 5.74) is 6.63. The Hall–Kier alpha value is -4.58. The van der Waals surface area contributed by atoms with Crippen molar-refractivity contribution in [2.45, 2.75) is 259 Å². The molecule has 0 atom stereocenters. The van der Waals surface area contributed by atoms with Gasteiger partial charge in [-0.25, -0.2) is 19.9 Å². The molecule has 0 radical (unpaired) electrons. The fraction of sp³-hybridized carbons (Fsp3) is 0.606. The van der Waals surface area contributed by atoms with Crippen LogP contribution in [0.2, 0.25) is 0 Å². The second-order valence-corrected chi connectivity index (χ2v) is 21.0. The molecule has 0 saturated carbocycles. The smallest absolute Gasteiger partial charge is 0.139 e. The fourth-order valence-corrected chi connectivity index (χ4v) is 10.2. The SMILES string of the molecule is CCCCCCCCCCc1cccc(N(c2cccc(N(c3cccc(CCCCCCCCCC)n3)c3cccc(CCCCCCCCCC)n3)c2)c2cccc(CCCCCCCCCC)n2)n1. The second kappa shape index (κ2) is 37.2. The van der Waals surface area contributed by atoms with Gasteiger partial charge >= 0.3 is 0 Å². The molecule has 0 unspecified atom stereocenters. The van der Waals surface area contributed by atoms with Crippen LogP contribution in [0.15, 0.2) is 97.1 Å². The molecule has 6 heteroatoms. The molecule has 5 aromatic rings. The highest BCUT2D eigenvalue weighted by atomic mass is 15.3. The van der Waals surface area contributed by atoms with E-state index in [-0.39, 0.29) is 0 Å². The average Bonchev–Trinajstić information content (AvgIpc) is 3.40. The normalized spacial score (nSPS) is 11.4. The maximum atomic E-state index is 5.41. The molecule has 0 aliphatic heterocycles. The molecule has 72 heavy (non-hydrogen) atoms. The number of aromatic nitrogens is 4. The number of aryl methyl sites for hydroxylation is 4. The molecule has 0 saturated heterocycles. The number of anilines is 6. The van der Waals surface area contributed by atoms with E-state index < -0.39 is 0 Å². The Morgan fingerprint density at radius 1 is 0.250 bits per heavy atom. The minimum atomic E-state index is 0.906. The van der Waals surface area contributed by atoms with Crippen molar-refractivity contribution in [1.29, 1.82) is 0 Å². The molecule has 0 aliphatic carbocycles. The minimum absolute atomic E-state index is 0.906. The highest BCUT2D eigenvalue weighted by Gasteiger charge is 2.21. The van der Waals surface area contributed by atoms with Crippen molar-refractivity contribution in [2.75, 3.05) is 9.80 Å². The van der Waals surface area contributed by atoms with E-state index >= 15 is 0 Å². The average molecular weight is 978 g/mol. The van der Waals surface area contributed by atoms with E-state index in [1.54, 1.807) is 0 Å². The Kier molecular flexibility index (Phi) is 30.1. The lowest BCUT2D eigenvalue weighted by atomic mass is 10.1. The van der Waals surface area contributed by atoms with Crippen LogP contribution in [0.25, 0.3) is 0 Å². The Bertz CT molecular complexity index is 1860. The summed E-state index contributed by atoms with van der Waals surface area (Å²) >= 11 is 0. The summed E-state index contributed by atoms with van der Waals surface area (Å²) in [4.78, 5) is 26.2. The topological polar surface area (TPSA) is 58.0 Å². The van der Waals surface area contributed by atoms with Gasteiger partial charge in [0, 0.05) is 22.8 Å². The zero-order valence-electron chi connectivity index (χ0n) is 46.4. The Morgan fingerprint density at radius 3 is 0.694 bits per heavy atom. The van der Waals surface area contributed by atoms with Crippen LogP contribution >= 0.6 is 0 Å². The lowest BCUT2D eigenvalue weighted by Gasteiger charge is -2.28. The van der Waals surface area contributed by atoms with Crippen molar-refractivity contribution in [3.63, 3.8) is 0 Å². The summed E-state index contributed by atoms with van der Waals surface area (Å²) < 4.78 is 0. The van der Waals surface area contributed by atoms with Crippen molar-refractivity contribution >= 4 is 34.6 Å². The second-order valence-electron chi connectivity index (χ2n) is 21.0. The summed E-state index contributed by atoms with van der Waals surface area (Å²) in [5.74, 6) is 3.62. The van der Waals surface area contributed by atoms with E-state index in [0.717, 1.165) is 109 Å². The van der Waals surface area contributed by atoms with Crippen LogP contribution < -0.4 is 9.80 Å². The van der Waals surface area contributed by atoms with Crippen molar-refractivity contribution in [2.24, 2.45) is 0 Å². The van der Waals surface area contributed by atoms with E-state index in [1.807, 2.05) is 0 Å². The molecular weight excluding hydrogens is 877 g/mol. The van der Waals surface area contributed by atoms with Gasteiger partial charge in [-0.2, -0.15) is 0 Å². The van der Waals surface area contributed by atoms with Crippen molar-refractivity contribution in [3.8, 4) is 0 Å². The number of pyridine rings is 4. The summed E-state index contributed by atoms with van der Waals surface area (Å²) in [6.45, 7) is 9.18. The highest BCUT2D eigenvalue weighted by molar-refractivity contribution is 5.79. The van der Waals surface area contributed by atoms with Crippen LogP contribution in [0.5, 0.6) is 0 Å². The third-order valence-electron chi connectivity index (χ3n) is 14.6. The van der Waals surface area contributed by atoms with E-state index in [0.29, 0.717) is 0 Å². The van der Waals surface area contributed by atoms with Gasteiger partial charge in [0.15, 0.2) is 0 Å². The molecule has 0 bridgehead atoms. The summed E-state index contributed by atoms with van der Waals surface area (Å²) in [6, 6.07) is 35.2. The molecule has 5 rings (SSSR count). The fourth-order valence-electron chi connectivity index (χ4n) is 10.2. The van der Waals surface area contributed by atoms with Gasteiger partial charge in [-0.3, -0.25) is 9.80 Å². The molecule has 0 N–H and O–H groups in total. The number of benzene rings is 1. The predicted molar refractivity (Wildman–Crippen MR) is 312 cm³/mol. The van der Waals surface area contributed by atoms with E-state index in [4.69, 9.17) is 19.9 Å². The first-order valence-electron chi connectivity index (χ1n) is 30.2. The van der Waals surface area contributed by atoms with Crippen molar-refractivity contribution in [1.82, 2.24) is 19.9 Å². The highest BCUT2D eigenvalue weighted by Crippen LogP contribution is 2.39. The van der Waals surface area contributed by atoms with Gasteiger partial charge in [0.25, 0.3) is 0 Å². The molecule has 0 amide bonds. The first kappa shape index (κ1) is 58.3. The predicted octanol–water partition coefficient (Wildman–Crippen LogP) is 20.9. The maximum Gasteiger partial charge on any atom is 0.139 e. The van der Waals surface area contributed by atoms with Crippen molar-refractivity contribution in [3.05, 3.63) is 120 Å². The van der Waals surface area contributed by atoms with Crippen LogP contribution in [0, 0.1) is 0 Å². The molecular formula is C66H100N6. The quantitative estimate of drug-likeness (QED) is 0.0363. The first-order chi connectivity index (χ1) is 35.6. The first-order valence-corrected chi connectivity index (χ1v) is 30.2. The molecule has 0 fully saturated rings. The molecule has 4 aromatic heterocycles. The van der Waals surface area contributed by atoms with Gasteiger partial charge in [0.05, 0.1) is 11.4 Å². The molecule has 6 nitrogen and oxygen atoms in total. The Morgan fingerprint density at radius 2 is 0.458 bits per heavy atom. The molecule has 1 aromatic carbocycles. The zero-order valence-corrected chi connectivity index (χ0v) is 46.4. The monoisotopic (exact) mass is 977 g/mol. The summed E-state index contributed by atoms with van der Waals surface area (Å²) in [5, 5.41) is 0. The third kappa shape index (κ3) is 22.7. The summed E-state index contributed by atoms with van der Waals surface area (Å²) in [6.07, 6.45) is 45.8. The largest absolute Gasteiger partial charge is 0.279 e. The van der Waals surface area contributed by atoms with E-state index in [9.17, 15) is 0 Å². The van der Waals surface area contributed by atoms with Crippen LogP contribution in [-0.2, 0) is 25.7 Å². The van der Waals surface area contributed by atoms with Gasteiger partial charge in [-0.05, 0) is 118 Å². The standard InChI is InChI=1S/C66H100N6/c1-5-9-13-17-21-25-29-33-42-57-46-37-52-63(67-57)71(64-53-38-47-58(68-64)43-34-30-26-22-18-14-10-6-2)61-50-41-51-62(56-61)72(65-54-39-48-59(69-65)44-35-31-27-23-19-15-11-7-3)66-55-40-49-60(70-66)45-36-32-28-24-20-16-12-8-4/h37-41,46-56H,5-36,42-45H2,1-4H3. The zero-order chi connectivity index (χ0) is 50.5. The lowest BCUT2D eigenvalue weighted by molar-refractivity contribution is 0.574. The van der Waals surface area contributed by atoms with Gasteiger partial charge in [0.2, 0.25) is 0 Å². The van der Waals surface area contributed by atoms with Crippen molar-refractivity contribution < 1.29 is 0 Å². The molecule has 4 heterocycles. The maximum absolute atomic E-state index is 5.41. The van der Waals surface area contributed by atoms with E-state index in [2.05, 4.69) is 135 Å². The van der Waals surface area contributed by atoms with Crippen LogP contribution in [-0.4, -0.2) is 19.9 Å². The van der Waals surface area contributed by atoms with Gasteiger partial charge in [-0.15, -0.1) is 0 Å². The van der Waals surface area contributed by atoms with Crippen LogP contribution in [0.3, 0.4) is 0 Å². The number of rotatable bonds is 42. The van der Waals surface area contributed by atoms with Crippen LogP contribution in [0.4, 0.5) is 34.6 Å². The molecule has 0 aliphatic rings. The van der Waals surface area contributed by atoms with Gasteiger partial charge in [0.1, 0.15) is 23.3 Å². The number of hydrogen-bond donors (Lipinski definition) is 0. The molecule has 0 spiro atoms. The van der Waals surface area contributed by atoms with Gasteiger partial charge < -0.3 is 0 Å². The lowest BCUT2D eigenvalue weighted by Crippen LogP contribution is -2.17. The number of unbranched alkanes of at least 4 members (excludes halogenated alkanes) is 28. The van der Waals surface area contributed by atoms with E-state index in [1.165, 1.54) is 180 Å². The Balaban J connectivity index is 1.44.